The maximum atomic E-state index is 12.6. The summed E-state index contributed by atoms with van der Waals surface area (Å²) in [6.07, 6.45) is 7.47. The van der Waals surface area contributed by atoms with E-state index in [9.17, 15) is 9.59 Å². The molecule has 0 radical (unpaired) electrons. The smallest absolute Gasteiger partial charge is 0.308 e. The van der Waals surface area contributed by atoms with E-state index in [0.717, 1.165) is 41.8 Å². The fourth-order valence-corrected chi connectivity index (χ4v) is 5.12. The highest BCUT2D eigenvalue weighted by atomic mass is 35.5. The molecule has 1 saturated carbocycles. The SMILES string of the molecule is C=CC(C)/C(=C/N(C[C@H]1C[C@H](C(=O)OCC)C1)C(C)=O)C(C)(C)c1ccc(CCC(C)(C)C)c(Cl)c1. The van der Waals surface area contributed by atoms with Crippen molar-refractivity contribution < 1.29 is 14.3 Å². The highest BCUT2D eigenvalue weighted by Gasteiger charge is 2.37. The normalized spacial score (nSPS) is 19.3. The van der Waals surface area contributed by atoms with Crippen molar-refractivity contribution in [3.8, 4) is 0 Å². The number of carbonyl (C=O) groups excluding carboxylic acids is 2. The molecule has 1 aliphatic carbocycles. The number of benzene rings is 1. The van der Waals surface area contributed by atoms with E-state index in [1.807, 2.05) is 24.1 Å². The number of carbonyl (C=O) groups is 2. The zero-order valence-corrected chi connectivity index (χ0v) is 24.4. The molecule has 0 spiro atoms. The van der Waals surface area contributed by atoms with Crippen molar-refractivity contribution in [1.29, 1.82) is 0 Å². The number of halogens is 1. The molecular formula is C31H46ClNO3. The van der Waals surface area contributed by atoms with Crippen LogP contribution in [0.25, 0.3) is 0 Å². The number of ether oxygens (including phenoxy) is 1. The molecule has 1 unspecified atom stereocenters. The molecule has 0 N–H and O–H groups in total. The van der Waals surface area contributed by atoms with Gasteiger partial charge in [-0.3, -0.25) is 9.59 Å². The van der Waals surface area contributed by atoms with Crippen LogP contribution in [0.4, 0.5) is 0 Å². The molecule has 1 fully saturated rings. The quantitative estimate of drug-likeness (QED) is 0.223. The number of allylic oxidation sites excluding steroid dienone is 2. The molecule has 1 atom stereocenters. The van der Waals surface area contributed by atoms with Gasteiger partial charge < -0.3 is 9.64 Å². The second-order valence-electron chi connectivity index (χ2n) is 12.1. The molecule has 0 aliphatic heterocycles. The summed E-state index contributed by atoms with van der Waals surface area (Å²) < 4.78 is 5.15. The van der Waals surface area contributed by atoms with Gasteiger partial charge in [-0.15, -0.1) is 6.58 Å². The van der Waals surface area contributed by atoms with Gasteiger partial charge in [-0.2, -0.15) is 0 Å². The first-order chi connectivity index (χ1) is 16.7. The van der Waals surface area contributed by atoms with Gasteiger partial charge in [0.15, 0.2) is 0 Å². The van der Waals surface area contributed by atoms with Crippen molar-refractivity contribution >= 4 is 23.5 Å². The van der Waals surface area contributed by atoms with Gasteiger partial charge in [-0.1, -0.05) is 71.4 Å². The molecule has 2 rings (SSSR count). The number of aryl methyl sites for hydroxylation is 1. The molecule has 0 heterocycles. The van der Waals surface area contributed by atoms with Crippen LogP contribution in [0.5, 0.6) is 0 Å². The van der Waals surface area contributed by atoms with Crippen LogP contribution in [0.2, 0.25) is 5.02 Å². The van der Waals surface area contributed by atoms with Crippen LogP contribution in [0.1, 0.15) is 85.8 Å². The van der Waals surface area contributed by atoms with E-state index in [2.05, 4.69) is 66.3 Å². The highest BCUT2D eigenvalue weighted by Crippen LogP contribution is 2.40. The lowest BCUT2D eigenvalue weighted by Crippen LogP contribution is -2.40. The summed E-state index contributed by atoms with van der Waals surface area (Å²) in [4.78, 5) is 26.4. The molecular weight excluding hydrogens is 470 g/mol. The van der Waals surface area contributed by atoms with Gasteiger partial charge in [0.1, 0.15) is 0 Å². The van der Waals surface area contributed by atoms with Crippen molar-refractivity contribution in [3.63, 3.8) is 0 Å². The largest absolute Gasteiger partial charge is 0.466 e. The van der Waals surface area contributed by atoms with Gasteiger partial charge in [-0.25, -0.2) is 0 Å². The number of hydrogen-bond acceptors (Lipinski definition) is 3. The van der Waals surface area contributed by atoms with Crippen LogP contribution in [0, 0.1) is 23.2 Å². The molecule has 1 aliphatic rings. The highest BCUT2D eigenvalue weighted by molar-refractivity contribution is 6.31. The third kappa shape index (κ3) is 7.96. The number of esters is 1. The first-order valence-corrected chi connectivity index (χ1v) is 13.6. The van der Waals surface area contributed by atoms with Crippen molar-refractivity contribution in [2.75, 3.05) is 13.2 Å². The van der Waals surface area contributed by atoms with E-state index in [0.29, 0.717) is 19.1 Å². The van der Waals surface area contributed by atoms with Gasteiger partial charge in [0.05, 0.1) is 12.5 Å². The standard InChI is InChI=1S/C31H46ClNO3/c1-10-21(3)27(20-33(22(4)34)19-23-16-25(17-23)29(35)36-11-2)31(8,9)26-13-12-24(28(32)18-26)14-15-30(5,6)7/h10,12-13,18,20-21,23,25H,1,11,14-17,19H2,2-9H3/b27-20-/t21?,23-,25-. The van der Waals surface area contributed by atoms with E-state index >= 15 is 0 Å². The molecule has 1 aromatic carbocycles. The van der Waals surface area contributed by atoms with E-state index in [1.54, 1.807) is 6.92 Å². The summed E-state index contributed by atoms with van der Waals surface area (Å²) in [7, 11) is 0. The third-order valence-electron chi connectivity index (χ3n) is 7.49. The van der Waals surface area contributed by atoms with Gasteiger partial charge >= 0.3 is 5.97 Å². The Morgan fingerprint density at radius 1 is 1.22 bits per heavy atom. The molecule has 200 valence electrons. The Morgan fingerprint density at radius 2 is 1.86 bits per heavy atom. The minimum absolute atomic E-state index is 0.00490. The monoisotopic (exact) mass is 515 g/mol. The predicted octanol–water partition coefficient (Wildman–Crippen LogP) is 7.74. The Labute approximate surface area is 224 Å². The van der Waals surface area contributed by atoms with Crippen LogP contribution in [-0.4, -0.2) is 29.9 Å². The van der Waals surface area contributed by atoms with Crippen LogP contribution >= 0.6 is 11.6 Å². The molecule has 0 bridgehead atoms. The first-order valence-electron chi connectivity index (χ1n) is 13.3. The van der Waals surface area contributed by atoms with Crippen molar-refractivity contribution in [3.05, 3.63) is 58.8 Å². The lowest BCUT2D eigenvalue weighted by Gasteiger charge is -2.38. The van der Waals surface area contributed by atoms with Crippen molar-refractivity contribution in [2.45, 2.75) is 86.5 Å². The first kappa shape index (κ1) is 30.2. The van der Waals surface area contributed by atoms with Crippen LogP contribution in [-0.2, 0) is 26.2 Å². The van der Waals surface area contributed by atoms with Gasteiger partial charge in [-0.05, 0) is 72.6 Å². The topological polar surface area (TPSA) is 46.6 Å². The minimum atomic E-state index is -0.361. The maximum Gasteiger partial charge on any atom is 0.308 e. The summed E-state index contributed by atoms with van der Waals surface area (Å²) in [6, 6.07) is 6.40. The van der Waals surface area contributed by atoms with Gasteiger partial charge in [0.25, 0.3) is 0 Å². The molecule has 1 aromatic rings. The van der Waals surface area contributed by atoms with E-state index in [1.165, 1.54) is 5.56 Å². The number of amides is 1. The molecule has 36 heavy (non-hydrogen) atoms. The van der Waals surface area contributed by atoms with Gasteiger partial charge in [0.2, 0.25) is 5.91 Å². The fraction of sp³-hybridized carbons (Fsp3) is 0.613. The Kier molecular flexibility index (Phi) is 10.4. The maximum absolute atomic E-state index is 12.6. The molecule has 5 heteroatoms. The average Bonchev–Trinajstić information content (AvgIpc) is 2.75. The van der Waals surface area contributed by atoms with Crippen LogP contribution in [0.3, 0.4) is 0 Å². The van der Waals surface area contributed by atoms with Crippen LogP contribution < -0.4 is 0 Å². The predicted molar refractivity (Wildman–Crippen MR) is 150 cm³/mol. The summed E-state index contributed by atoms with van der Waals surface area (Å²) in [6.45, 7) is 21.7. The summed E-state index contributed by atoms with van der Waals surface area (Å²) in [5, 5.41) is 0.790. The number of hydrogen-bond donors (Lipinski definition) is 0. The number of nitrogens with zero attached hydrogens (tertiary/aromatic N) is 1. The Morgan fingerprint density at radius 3 is 2.36 bits per heavy atom. The second kappa shape index (κ2) is 12.4. The Balaban J connectivity index is 2.29. The van der Waals surface area contributed by atoms with E-state index < -0.39 is 0 Å². The number of rotatable bonds is 11. The molecule has 0 saturated heterocycles. The Hall–Kier alpha value is -2.07. The van der Waals surface area contributed by atoms with Gasteiger partial charge in [0, 0.05) is 30.1 Å². The lowest BCUT2D eigenvalue weighted by molar-refractivity contribution is -0.153. The Bertz CT molecular complexity index is 967. The zero-order valence-electron chi connectivity index (χ0n) is 23.6. The molecule has 1 amide bonds. The fourth-order valence-electron chi connectivity index (χ4n) is 4.85. The average molecular weight is 516 g/mol. The van der Waals surface area contributed by atoms with Crippen molar-refractivity contribution in [1.82, 2.24) is 4.90 Å². The summed E-state index contributed by atoms with van der Waals surface area (Å²) in [5.41, 5.74) is 3.28. The minimum Gasteiger partial charge on any atom is -0.466 e. The zero-order chi connectivity index (χ0) is 27.3. The van der Waals surface area contributed by atoms with Crippen LogP contribution in [0.15, 0.2) is 42.6 Å². The van der Waals surface area contributed by atoms with E-state index in [-0.39, 0.29) is 34.5 Å². The third-order valence-corrected chi connectivity index (χ3v) is 7.85. The van der Waals surface area contributed by atoms with E-state index in [4.69, 9.17) is 16.3 Å². The summed E-state index contributed by atoms with van der Waals surface area (Å²) in [5.74, 6) is 0.183. The lowest BCUT2D eigenvalue weighted by atomic mass is 9.72. The molecule has 4 nitrogen and oxygen atoms in total. The summed E-state index contributed by atoms with van der Waals surface area (Å²) >= 11 is 6.75. The van der Waals surface area contributed by atoms with Crippen molar-refractivity contribution in [2.24, 2.45) is 23.2 Å². The molecule has 0 aromatic heterocycles. The second-order valence-corrected chi connectivity index (χ2v) is 12.5.